The standard InChI is InChI=1S/C16H16N2O2/c1-11-7-3-5-9-14(11)17-16(20)18-15-10-6-4-8-13(15)12(2)19/h3-10H,1-2H3,(H2,17,18,20). The van der Waals surface area contributed by atoms with Gasteiger partial charge in [-0.25, -0.2) is 4.79 Å². The van der Waals surface area contributed by atoms with Crippen molar-refractivity contribution in [3.05, 3.63) is 59.7 Å². The zero-order valence-corrected chi connectivity index (χ0v) is 11.4. The number of ketones is 1. The Balaban J connectivity index is 2.13. The molecule has 0 radical (unpaired) electrons. The molecular weight excluding hydrogens is 252 g/mol. The van der Waals surface area contributed by atoms with Gasteiger partial charge in [-0.1, -0.05) is 30.3 Å². The molecule has 0 saturated heterocycles. The molecule has 0 aliphatic rings. The lowest BCUT2D eigenvalue weighted by atomic mass is 10.1. The molecule has 4 heteroatoms. The topological polar surface area (TPSA) is 58.2 Å². The summed E-state index contributed by atoms with van der Waals surface area (Å²) in [6, 6.07) is 14.1. The Morgan fingerprint density at radius 1 is 0.850 bits per heavy atom. The summed E-state index contributed by atoms with van der Waals surface area (Å²) in [5.41, 5.74) is 2.71. The quantitative estimate of drug-likeness (QED) is 0.831. The van der Waals surface area contributed by atoms with E-state index >= 15 is 0 Å². The van der Waals surface area contributed by atoms with Crippen LogP contribution in [0.1, 0.15) is 22.8 Å². The van der Waals surface area contributed by atoms with Gasteiger partial charge >= 0.3 is 6.03 Å². The monoisotopic (exact) mass is 268 g/mol. The molecule has 2 aromatic carbocycles. The summed E-state index contributed by atoms with van der Waals surface area (Å²) in [5.74, 6) is -0.0863. The minimum absolute atomic E-state index is 0.0863. The number of amides is 2. The third kappa shape index (κ3) is 3.23. The van der Waals surface area contributed by atoms with Crippen LogP contribution in [0.25, 0.3) is 0 Å². The molecule has 0 aliphatic carbocycles. The highest BCUT2D eigenvalue weighted by molar-refractivity contribution is 6.06. The highest BCUT2D eigenvalue weighted by Gasteiger charge is 2.10. The number of hydrogen-bond acceptors (Lipinski definition) is 2. The Hall–Kier alpha value is -2.62. The van der Waals surface area contributed by atoms with Crippen LogP contribution in [0.4, 0.5) is 16.2 Å². The first kappa shape index (κ1) is 13.8. The lowest BCUT2D eigenvalue weighted by Gasteiger charge is -2.11. The first-order valence-corrected chi connectivity index (χ1v) is 6.31. The maximum Gasteiger partial charge on any atom is 0.323 e. The van der Waals surface area contributed by atoms with E-state index in [1.807, 2.05) is 31.2 Å². The van der Waals surface area contributed by atoms with Crippen LogP contribution in [0, 0.1) is 6.92 Å². The lowest BCUT2D eigenvalue weighted by molar-refractivity contribution is 0.101. The van der Waals surface area contributed by atoms with Gasteiger partial charge in [0.05, 0.1) is 5.69 Å². The fourth-order valence-electron chi connectivity index (χ4n) is 1.89. The SMILES string of the molecule is CC(=O)c1ccccc1NC(=O)Nc1ccccc1C. The van der Waals surface area contributed by atoms with Gasteiger partial charge in [0.2, 0.25) is 0 Å². The number of nitrogens with one attached hydrogen (secondary N) is 2. The second-order valence-corrected chi connectivity index (χ2v) is 4.50. The Bertz CT molecular complexity index is 650. The molecule has 0 saturated carbocycles. The summed E-state index contributed by atoms with van der Waals surface area (Å²) in [6.07, 6.45) is 0. The van der Waals surface area contributed by atoms with Crippen molar-refractivity contribution in [1.29, 1.82) is 0 Å². The van der Waals surface area contributed by atoms with E-state index in [1.165, 1.54) is 6.92 Å². The van der Waals surface area contributed by atoms with E-state index in [0.29, 0.717) is 11.3 Å². The van der Waals surface area contributed by atoms with Crippen molar-refractivity contribution in [2.24, 2.45) is 0 Å². The Kier molecular flexibility index (Phi) is 4.15. The molecule has 0 heterocycles. The number of hydrogen-bond donors (Lipinski definition) is 2. The average Bonchev–Trinajstić information content (AvgIpc) is 2.41. The number of urea groups is 1. The smallest absolute Gasteiger partial charge is 0.307 e. The van der Waals surface area contributed by atoms with Gasteiger partial charge < -0.3 is 10.6 Å². The first-order valence-electron chi connectivity index (χ1n) is 6.31. The van der Waals surface area contributed by atoms with E-state index in [-0.39, 0.29) is 11.8 Å². The van der Waals surface area contributed by atoms with Gasteiger partial charge in [-0.2, -0.15) is 0 Å². The number of rotatable bonds is 3. The van der Waals surface area contributed by atoms with Gasteiger partial charge in [-0.05, 0) is 37.6 Å². The van der Waals surface area contributed by atoms with Crippen molar-refractivity contribution in [2.75, 3.05) is 10.6 Å². The predicted octanol–water partition coefficient (Wildman–Crippen LogP) is 3.84. The van der Waals surface area contributed by atoms with Crippen LogP contribution in [0.5, 0.6) is 0 Å². The number of aryl methyl sites for hydroxylation is 1. The van der Waals surface area contributed by atoms with Gasteiger partial charge in [0.15, 0.2) is 5.78 Å². The minimum atomic E-state index is -0.368. The Labute approximate surface area is 117 Å². The fourth-order valence-corrected chi connectivity index (χ4v) is 1.89. The van der Waals surface area contributed by atoms with Gasteiger partial charge in [0.25, 0.3) is 0 Å². The van der Waals surface area contributed by atoms with Gasteiger partial charge in [-0.3, -0.25) is 4.79 Å². The van der Waals surface area contributed by atoms with Crippen LogP contribution in [-0.2, 0) is 0 Å². The van der Waals surface area contributed by atoms with E-state index in [0.717, 1.165) is 11.3 Å². The highest BCUT2D eigenvalue weighted by atomic mass is 16.2. The van der Waals surface area contributed by atoms with E-state index in [9.17, 15) is 9.59 Å². The summed E-state index contributed by atoms with van der Waals surface area (Å²) in [6.45, 7) is 3.39. The van der Waals surface area contributed by atoms with Crippen molar-refractivity contribution in [2.45, 2.75) is 13.8 Å². The van der Waals surface area contributed by atoms with Crippen LogP contribution < -0.4 is 10.6 Å². The van der Waals surface area contributed by atoms with E-state index in [4.69, 9.17) is 0 Å². The van der Waals surface area contributed by atoms with Gasteiger partial charge in [0, 0.05) is 11.3 Å². The highest BCUT2D eigenvalue weighted by Crippen LogP contribution is 2.17. The van der Waals surface area contributed by atoms with Crippen LogP contribution >= 0.6 is 0 Å². The molecular formula is C16H16N2O2. The lowest BCUT2D eigenvalue weighted by Crippen LogP contribution is -2.21. The fraction of sp³-hybridized carbons (Fsp3) is 0.125. The molecule has 0 aromatic heterocycles. The zero-order valence-electron chi connectivity index (χ0n) is 11.4. The largest absolute Gasteiger partial charge is 0.323 e. The van der Waals surface area contributed by atoms with Gasteiger partial charge in [-0.15, -0.1) is 0 Å². The maximum atomic E-state index is 12.0. The number of anilines is 2. The molecule has 20 heavy (non-hydrogen) atoms. The number of carbonyl (C=O) groups excluding carboxylic acids is 2. The summed E-state index contributed by atoms with van der Waals surface area (Å²) < 4.78 is 0. The number of Topliss-reactive ketones (excluding diaryl/α,β-unsaturated/α-hetero) is 1. The number of para-hydroxylation sites is 2. The maximum absolute atomic E-state index is 12.0. The molecule has 0 atom stereocenters. The van der Waals surface area contributed by atoms with Crippen molar-refractivity contribution >= 4 is 23.2 Å². The number of benzene rings is 2. The third-order valence-corrected chi connectivity index (χ3v) is 2.95. The van der Waals surface area contributed by atoms with Crippen LogP contribution in [-0.4, -0.2) is 11.8 Å². The molecule has 0 bridgehead atoms. The predicted molar refractivity (Wildman–Crippen MR) is 80.3 cm³/mol. The average molecular weight is 268 g/mol. The van der Waals surface area contributed by atoms with Crippen LogP contribution in [0.2, 0.25) is 0 Å². The molecule has 0 fully saturated rings. The molecule has 102 valence electrons. The summed E-state index contributed by atoms with van der Waals surface area (Å²) in [5, 5.41) is 5.46. The second kappa shape index (κ2) is 6.02. The van der Waals surface area contributed by atoms with Crippen LogP contribution in [0.15, 0.2) is 48.5 Å². The van der Waals surface area contributed by atoms with E-state index < -0.39 is 0 Å². The summed E-state index contributed by atoms with van der Waals surface area (Å²) in [4.78, 5) is 23.5. The minimum Gasteiger partial charge on any atom is -0.307 e. The van der Waals surface area contributed by atoms with Crippen molar-refractivity contribution in [1.82, 2.24) is 0 Å². The molecule has 0 unspecified atom stereocenters. The summed E-state index contributed by atoms with van der Waals surface area (Å²) >= 11 is 0. The van der Waals surface area contributed by atoms with Gasteiger partial charge in [0.1, 0.15) is 0 Å². The van der Waals surface area contributed by atoms with Crippen molar-refractivity contribution in [3.8, 4) is 0 Å². The molecule has 2 N–H and O–H groups in total. The summed E-state index contributed by atoms with van der Waals surface area (Å²) in [7, 11) is 0. The molecule has 4 nitrogen and oxygen atoms in total. The van der Waals surface area contributed by atoms with E-state index in [1.54, 1.807) is 24.3 Å². The molecule has 0 spiro atoms. The molecule has 2 amide bonds. The second-order valence-electron chi connectivity index (χ2n) is 4.50. The molecule has 2 rings (SSSR count). The number of carbonyl (C=O) groups is 2. The normalized spacial score (nSPS) is 9.90. The molecule has 0 aliphatic heterocycles. The third-order valence-electron chi connectivity index (χ3n) is 2.95. The Morgan fingerprint density at radius 3 is 2.05 bits per heavy atom. The molecule has 2 aromatic rings. The van der Waals surface area contributed by atoms with E-state index in [2.05, 4.69) is 10.6 Å². The van der Waals surface area contributed by atoms with Crippen molar-refractivity contribution in [3.63, 3.8) is 0 Å². The Morgan fingerprint density at radius 2 is 1.40 bits per heavy atom. The zero-order chi connectivity index (χ0) is 14.5. The first-order chi connectivity index (χ1) is 9.58. The van der Waals surface area contributed by atoms with Crippen LogP contribution in [0.3, 0.4) is 0 Å². The van der Waals surface area contributed by atoms with Crippen molar-refractivity contribution < 1.29 is 9.59 Å².